The molecule has 2 atom stereocenters. The lowest BCUT2D eigenvalue weighted by molar-refractivity contribution is -0.103. The number of ether oxygens (including phenoxy) is 2. The Labute approximate surface area is 121 Å². The van der Waals surface area contributed by atoms with E-state index in [4.69, 9.17) is 9.47 Å². The summed E-state index contributed by atoms with van der Waals surface area (Å²) in [5.74, 6) is 0. The number of rotatable bonds is 4. The van der Waals surface area contributed by atoms with Crippen molar-refractivity contribution in [2.75, 3.05) is 39.3 Å². The van der Waals surface area contributed by atoms with Crippen LogP contribution >= 0.6 is 0 Å². The maximum Gasteiger partial charge on any atom is 0.407 e. The number of alkyl carbamates (subject to hydrolysis) is 1. The molecule has 2 unspecified atom stereocenters. The fourth-order valence-corrected chi connectivity index (χ4v) is 2.62. The molecule has 2 rings (SSSR count). The normalized spacial score (nSPS) is 27.1. The van der Waals surface area contributed by atoms with E-state index in [-0.39, 0.29) is 11.6 Å². The Bertz CT molecular complexity index is 318. The number of hydrogen-bond donors (Lipinski definition) is 2. The van der Waals surface area contributed by atoms with Crippen molar-refractivity contribution in [3.05, 3.63) is 0 Å². The Kier molecular flexibility index (Phi) is 5.23. The van der Waals surface area contributed by atoms with Crippen molar-refractivity contribution in [3.63, 3.8) is 0 Å². The Morgan fingerprint density at radius 1 is 1.35 bits per heavy atom. The predicted molar refractivity (Wildman–Crippen MR) is 76.8 cm³/mol. The SMILES string of the molecule is CC(C)(C)NC(=O)OCCCN1CC2CNCC(C1)O2. The molecule has 0 aromatic heterocycles. The lowest BCUT2D eigenvalue weighted by Gasteiger charge is -2.41. The van der Waals surface area contributed by atoms with Gasteiger partial charge in [0.2, 0.25) is 0 Å². The van der Waals surface area contributed by atoms with Crippen LogP contribution in [0.2, 0.25) is 0 Å². The number of amides is 1. The van der Waals surface area contributed by atoms with Crippen LogP contribution in [0.1, 0.15) is 27.2 Å². The first-order chi connectivity index (χ1) is 9.42. The summed E-state index contributed by atoms with van der Waals surface area (Å²) in [5.41, 5.74) is -0.244. The standard InChI is InChI=1S/C14H27N3O3/c1-14(2,3)16-13(18)19-6-4-5-17-9-11-7-15-8-12(10-17)20-11/h11-12,15H,4-10H2,1-3H3,(H,16,18). The predicted octanol–water partition coefficient (Wildman–Crippen LogP) is 0.574. The van der Waals surface area contributed by atoms with E-state index < -0.39 is 0 Å². The molecule has 116 valence electrons. The van der Waals surface area contributed by atoms with Gasteiger partial charge in [-0.2, -0.15) is 0 Å². The zero-order chi connectivity index (χ0) is 14.6. The highest BCUT2D eigenvalue weighted by molar-refractivity contribution is 5.67. The van der Waals surface area contributed by atoms with Crippen LogP contribution in [0.5, 0.6) is 0 Å². The van der Waals surface area contributed by atoms with Gasteiger partial charge in [0.25, 0.3) is 0 Å². The molecule has 2 saturated heterocycles. The van der Waals surface area contributed by atoms with E-state index in [0.717, 1.165) is 39.1 Å². The van der Waals surface area contributed by atoms with Crippen molar-refractivity contribution in [2.24, 2.45) is 0 Å². The van der Waals surface area contributed by atoms with Crippen molar-refractivity contribution in [1.82, 2.24) is 15.5 Å². The van der Waals surface area contributed by atoms with E-state index in [1.807, 2.05) is 20.8 Å². The molecule has 0 aromatic carbocycles. The quantitative estimate of drug-likeness (QED) is 0.740. The number of carbonyl (C=O) groups excluding carboxylic acids is 1. The molecule has 0 aromatic rings. The maximum atomic E-state index is 11.5. The largest absolute Gasteiger partial charge is 0.450 e. The van der Waals surface area contributed by atoms with Crippen LogP contribution in [0.15, 0.2) is 0 Å². The molecule has 2 fully saturated rings. The van der Waals surface area contributed by atoms with Gasteiger partial charge in [-0.1, -0.05) is 0 Å². The number of morpholine rings is 2. The van der Waals surface area contributed by atoms with Gasteiger partial charge in [0.05, 0.1) is 18.8 Å². The highest BCUT2D eigenvalue weighted by Gasteiger charge is 2.30. The molecule has 0 radical (unpaired) electrons. The van der Waals surface area contributed by atoms with Gasteiger partial charge < -0.3 is 20.1 Å². The van der Waals surface area contributed by atoms with E-state index in [2.05, 4.69) is 15.5 Å². The molecule has 0 saturated carbocycles. The molecule has 2 N–H and O–H groups in total. The molecule has 6 nitrogen and oxygen atoms in total. The van der Waals surface area contributed by atoms with E-state index in [9.17, 15) is 4.79 Å². The first-order valence-corrected chi connectivity index (χ1v) is 7.46. The summed E-state index contributed by atoms with van der Waals surface area (Å²) in [4.78, 5) is 13.9. The fourth-order valence-electron chi connectivity index (χ4n) is 2.62. The number of hydrogen-bond acceptors (Lipinski definition) is 5. The summed E-state index contributed by atoms with van der Waals surface area (Å²) >= 11 is 0. The van der Waals surface area contributed by atoms with Gasteiger partial charge in [0, 0.05) is 38.3 Å². The molecule has 6 heteroatoms. The summed E-state index contributed by atoms with van der Waals surface area (Å²) in [6.07, 6.45) is 1.16. The third kappa shape index (κ3) is 5.26. The molecule has 0 aliphatic carbocycles. The van der Waals surface area contributed by atoms with Crippen molar-refractivity contribution >= 4 is 6.09 Å². The van der Waals surface area contributed by atoms with Gasteiger partial charge in [-0.15, -0.1) is 0 Å². The number of nitrogens with one attached hydrogen (secondary N) is 2. The van der Waals surface area contributed by atoms with E-state index in [1.165, 1.54) is 0 Å². The third-order valence-electron chi connectivity index (χ3n) is 3.38. The van der Waals surface area contributed by atoms with Gasteiger partial charge in [-0.25, -0.2) is 4.79 Å². The maximum absolute atomic E-state index is 11.5. The van der Waals surface area contributed by atoms with Gasteiger partial charge >= 0.3 is 6.09 Å². The second-order valence-electron chi connectivity index (χ2n) is 6.66. The van der Waals surface area contributed by atoms with Gasteiger partial charge in [0.1, 0.15) is 0 Å². The highest BCUT2D eigenvalue weighted by atomic mass is 16.5. The second-order valence-corrected chi connectivity index (χ2v) is 6.66. The van der Waals surface area contributed by atoms with Crippen molar-refractivity contribution in [3.8, 4) is 0 Å². The lowest BCUT2D eigenvalue weighted by atomic mass is 10.1. The zero-order valence-electron chi connectivity index (χ0n) is 12.8. The minimum atomic E-state index is -0.333. The number of nitrogens with zero attached hydrogens (tertiary/aromatic N) is 1. The van der Waals surface area contributed by atoms with Crippen LogP contribution in [0.25, 0.3) is 0 Å². The van der Waals surface area contributed by atoms with Crippen LogP contribution < -0.4 is 10.6 Å². The minimum Gasteiger partial charge on any atom is -0.450 e. The van der Waals surface area contributed by atoms with Crippen LogP contribution in [0.3, 0.4) is 0 Å². The fraction of sp³-hybridized carbons (Fsp3) is 0.929. The third-order valence-corrected chi connectivity index (χ3v) is 3.38. The molecular formula is C14H27N3O3. The Balaban J connectivity index is 1.58. The van der Waals surface area contributed by atoms with Crippen molar-refractivity contribution in [2.45, 2.75) is 44.9 Å². The van der Waals surface area contributed by atoms with Crippen LogP contribution in [-0.2, 0) is 9.47 Å². The molecule has 1 amide bonds. The van der Waals surface area contributed by atoms with Gasteiger partial charge in [0.15, 0.2) is 0 Å². The average Bonchev–Trinajstić information content (AvgIpc) is 2.32. The molecule has 2 bridgehead atoms. The highest BCUT2D eigenvalue weighted by Crippen LogP contribution is 2.14. The monoisotopic (exact) mass is 285 g/mol. The zero-order valence-corrected chi connectivity index (χ0v) is 12.8. The Hall–Kier alpha value is -0.850. The summed E-state index contributed by atoms with van der Waals surface area (Å²) in [6, 6.07) is 0. The molecule has 20 heavy (non-hydrogen) atoms. The molecule has 2 heterocycles. The number of carbonyl (C=O) groups is 1. The topological polar surface area (TPSA) is 62.8 Å². The van der Waals surface area contributed by atoms with Crippen LogP contribution in [-0.4, -0.2) is 68.1 Å². The summed E-state index contributed by atoms with van der Waals surface area (Å²) in [6.45, 7) is 11.1. The second kappa shape index (κ2) is 6.74. The van der Waals surface area contributed by atoms with Gasteiger partial charge in [-0.05, 0) is 27.2 Å². The summed E-state index contributed by atoms with van der Waals surface area (Å²) in [5, 5.41) is 6.17. The first-order valence-electron chi connectivity index (χ1n) is 7.46. The van der Waals surface area contributed by atoms with E-state index in [1.54, 1.807) is 0 Å². The smallest absolute Gasteiger partial charge is 0.407 e. The number of fused-ring (bicyclic) bond motifs is 2. The Morgan fingerprint density at radius 2 is 2.00 bits per heavy atom. The summed E-state index contributed by atoms with van der Waals surface area (Å²) < 4.78 is 11.0. The van der Waals surface area contributed by atoms with Crippen LogP contribution in [0.4, 0.5) is 4.79 Å². The first kappa shape index (κ1) is 15.5. The molecule has 2 aliphatic rings. The molecule has 2 aliphatic heterocycles. The summed E-state index contributed by atoms with van der Waals surface area (Å²) in [7, 11) is 0. The van der Waals surface area contributed by atoms with Gasteiger partial charge in [-0.3, -0.25) is 4.90 Å². The molecule has 0 spiro atoms. The van der Waals surface area contributed by atoms with Crippen molar-refractivity contribution < 1.29 is 14.3 Å². The van der Waals surface area contributed by atoms with E-state index in [0.29, 0.717) is 18.8 Å². The molecular weight excluding hydrogens is 258 g/mol. The average molecular weight is 285 g/mol. The lowest BCUT2D eigenvalue weighted by Crippen LogP contribution is -2.58. The Morgan fingerprint density at radius 3 is 2.60 bits per heavy atom. The van der Waals surface area contributed by atoms with Crippen molar-refractivity contribution in [1.29, 1.82) is 0 Å². The minimum absolute atomic E-state index is 0.244. The van der Waals surface area contributed by atoms with Crippen LogP contribution in [0, 0.1) is 0 Å². The van der Waals surface area contributed by atoms with E-state index >= 15 is 0 Å².